The lowest BCUT2D eigenvalue weighted by Crippen LogP contribution is -1.97. The Hall–Kier alpha value is -2.44. The number of phenolic OH excluding ortho intramolecular Hbond substituents is 1. The van der Waals surface area contributed by atoms with Crippen LogP contribution in [0.2, 0.25) is 0 Å². The largest absolute Gasteiger partial charge is 0.506 e. The summed E-state index contributed by atoms with van der Waals surface area (Å²) in [7, 11) is 0. The van der Waals surface area contributed by atoms with E-state index in [-0.39, 0.29) is 5.75 Å². The van der Waals surface area contributed by atoms with Crippen molar-refractivity contribution in [3.05, 3.63) is 80.9 Å². The monoisotopic (exact) mass is 484 g/mol. The molecule has 0 bridgehead atoms. The molecule has 0 saturated carbocycles. The van der Waals surface area contributed by atoms with Gasteiger partial charge in [-0.3, -0.25) is 0 Å². The van der Waals surface area contributed by atoms with Gasteiger partial charge in [-0.15, -0.1) is 10.2 Å². The molecule has 1 aliphatic rings. The summed E-state index contributed by atoms with van der Waals surface area (Å²) in [6, 6.07) is 15.4. The molecule has 1 aliphatic carbocycles. The minimum Gasteiger partial charge on any atom is -0.506 e. The van der Waals surface area contributed by atoms with Gasteiger partial charge in [0.25, 0.3) is 0 Å². The zero-order valence-electron chi connectivity index (χ0n) is 14.1. The molecule has 0 unspecified atom stereocenters. The van der Waals surface area contributed by atoms with E-state index in [0.29, 0.717) is 20.5 Å². The molecular weight excluding hydrogens is 472 g/mol. The minimum absolute atomic E-state index is 0.153. The average Bonchev–Trinajstić information content (AvgIpc) is 2.70. The van der Waals surface area contributed by atoms with Crippen LogP contribution in [-0.4, -0.2) is 15.3 Å². The topological polar surface area (TPSA) is 55.2 Å². The van der Waals surface area contributed by atoms with Crippen LogP contribution in [0.1, 0.15) is 17.5 Å². The molecular formula is C21H14Br2N2O2. The number of hydrogen-bond acceptors (Lipinski definition) is 4. The summed E-state index contributed by atoms with van der Waals surface area (Å²) >= 11 is 6.65. The lowest BCUT2D eigenvalue weighted by atomic mass is 9.93. The number of benzene rings is 2. The van der Waals surface area contributed by atoms with Crippen molar-refractivity contribution < 1.29 is 9.84 Å². The zero-order valence-corrected chi connectivity index (χ0v) is 17.2. The van der Waals surface area contributed by atoms with Crippen LogP contribution in [0.3, 0.4) is 0 Å². The molecule has 1 heterocycles. The van der Waals surface area contributed by atoms with Crippen LogP contribution in [0.5, 0.6) is 11.6 Å². The Labute approximate surface area is 173 Å². The molecule has 4 rings (SSSR count). The van der Waals surface area contributed by atoms with Gasteiger partial charge in [0.15, 0.2) is 0 Å². The highest BCUT2D eigenvalue weighted by Crippen LogP contribution is 2.36. The quantitative estimate of drug-likeness (QED) is 0.448. The normalized spacial score (nSPS) is 14.2. The van der Waals surface area contributed by atoms with Crippen molar-refractivity contribution in [3.8, 4) is 22.9 Å². The minimum atomic E-state index is 0.153. The maximum Gasteiger partial charge on any atom is 0.238 e. The Kier molecular flexibility index (Phi) is 5.09. The molecule has 6 heteroatoms. The molecule has 1 aromatic heterocycles. The van der Waals surface area contributed by atoms with E-state index in [1.165, 1.54) is 11.1 Å². The van der Waals surface area contributed by atoms with E-state index in [4.69, 9.17) is 4.74 Å². The van der Waals surface area contributed by atoms with Crippen molar-refractivity contribution in [2.45, 2.75) is 6.42 Å². The summed E-state index contributed by atoms with van der Waals surface area (Å²) in [4.78, 5) is 0. The summed E-state index contributed by atoms with van der Waals surface area (Å²) in [5, 5.41) is 18.2. The van der Waals surface area contributed by atoms with Crippen molar-refractivity contribution in [3.63, 3.8) is 0 Å². The maximum atomic E-state index is 9.82. The number of rotatable bonds is 3. The molecule has 0 atom stereocenters. The lowest BCUT2D eigenvalue weighted by Gasteiger charge is -2.13. The summed E-state index contributed by atoms with van der Waals surface area (Å²) in [6.07, 6.45) is 6.79. The van der Waals surface area contributed by atoms with Gasteiger partial charge >= 0.3 is 0 Å². The van der Waals surface area contributed by atoms with E-state index in [2.05, 4.69) is 66.3 Å². The molecule has 0 aliphatic heterocycles. The Morgan fingerprint density at radius 1 is 1.00 bits per heavy atom. The van der Waals surface area contributed by atoms with E-state index < -0.39 is 0 Å². The molecule has 0 amide bonds. The number of phenols is 1. The fraction of sp³-hybridized carbons (Fsp3) is 0.0476. The van der Waals surface area contributed by atoms with Crippen LogP contribution in [0.25, 0.3) is 22.9 Å². The smallest absolute Gasteiger partial charge is 0.238 e. The molecule has 27 heavy (non-hydrogen) atoms. The third-order valence-corrected chi connectivity index (χ3v) is 5.43. The number of aromatic hydroxyl groups is 1. The second kappa shape index (κ2) is 7.66. The molecule has 0 radical (unpaired) electrons. The van der Waals surface area contributed by atoms with Gasteiger partial charge in [-0.25, -0.2) is 0 Å². The van der Waals surface area contributed by atoms with Gasteiger partial charge in [0, 0.05) is 11.6 Å². The highest BCUT2D eigenvalue weighted by Gasteiger charge is 2.11. The fourth-order valence-corrected chi connectivity index (χ4v) is 4.04. The number of ether oxygens (including phenoxy) is 1. The van der Waals surface area contributed by atoms with Crippen molar-refractivity contribution in [1.29, 1.82) is 0 Å². The Morgan fingerprint density at radius 2 is 1.78 bits per heavy atom. The molecule has 0 fully saturated rings. The van der Waals surface area contributed by atoms with Crippen LogP contribution >= 0.6 is 31.9 Å². The summed E-state index contributed by atoms with van der Waals surface area (Å²) in [6.45, 7) is 0. The number of allylic oxidation sites excluding steroid dienone is 2. The Morgan fingerprint density at radius 3 is 2.52 bits per heavy atom. The van der Waals surface area contributed by atoms with Gasteiger partial charge in [0.1, 0.15) is 5.75 Å². The molecule has 0 saturated heterocycles. The van der Waals surface area contributed by atoms with E-state index in [1.807, 2.05) is 18.2 Å². The van der Waals surface area contributed by atoms with Crippen LogP contribution in [0.4, 0.5) is 0 Å². The average molecular weight is 486 g/mol. The molecule has 4 nitrogen and oxygen atoms in total. The van der Waals surface area contributed by atoms with E-state index in [1.54, 1.807) is 24.5 Å². The first-order chi connectivity index (χ1) is 13.1. The summed E-state index contributed by atoms with van der Waals surface area (Å²) < 4.78 is 6.90. The Balaban J connectivity index is 1.55. The lowest BCUT2D eigenvalue weighted by molar-refractivity contribution is 0.455. The van der Waals surface area contributed by atoms with E-state index in [0.717, 1.165) is 17.6 Å². The standard InChI is InChI=1S/C21H14Br2N2O2/c22-17-10-15(11-18(23)21(17)26)19-8-9-20(25-24-19)27-12-14-6-3-5-13-4-1-2-7-16(13)14/h1-5,7-12,26H,6H2. The van der Waals surface area contributed by atoms with Gasteiger partial charge < -0.3 is 9.84 Å². The van der Waals surface area contributed by atoms with Gasteiger partial charge in [-0.2, -0.15) is 0 Å². The second-order valence-corrected chi connectivity index (χ2v) is 7.71. The molecule has 1 N–H and O–H groups in total. The highest BCUT2D eigenvalue weighted by molar-refractivity contribution is 9.11. The predicted molar refractivity (Wildman–Crippen MR) is 113 cm³/mol. The first kappa shape index (κ1) is 17.9. The number of halogens is 2. The third kappa shape index (κ3) is 3.82. The molecule has 134 valence electrons. The van der Waals surface area contributed by atoms with Crippen LogP contribution in [0, 0.1) is 0 Å². The summed E-state index contributed by atoms with van der Waals surface area (Å²) in [5.74, 6) is 0.579. The third-order valence-electron chi connectivity index (χ3n) is 4.22. The van der Waals surface area contributed by atoms with E-state index >= 15 is 0 Å². The van der Waals surface area contributed by atoms with Crippen molar-refractivity contribution in [2.24, 2.45) is 0 Å². The van der Waals surface area contributed by atoms with Crippen LogP contribution in [-0.2, 0) is 0 Å². The number of nitrogens with zero attached hydrogens (tertiary/aromatic N) is 2. The van der Waals surface area contributed by atoms with Crippen molar-refractivity contribution >= 4 is 43.5 Å². The first-order valence-electron chi connectivity index (χ1n) is 8.25. The number of fused-ring (bicyclic) bond motifs is 1. The van der Waals surface area contributed by atoms with Gasteiger partial charge in [0.05, 0.1) is 20.9 Å². The van der Waals surface area contributed by atoms with Crippen molar-refractivity contribution in [1.82, 2.24) is 10.2 Å². The van der Waals surface area contributed by atoms with Gasteiger partial charge in [0.2, 0.25) is 5.88 Å². The number of aromatic nitrogens is 2. The fourth-order valence-electron chi connectivity index (χ4n) is 2.85. The van der Waals surface area contributed by atoms with Crippen LogP contribution < -0.4 is 4.74 Å². The number of hydrogen-bond donors (Lipinski definition) is 1. The summed E-state index contributed by atoms with van der Waals surface area (Å²) in [5.41, 5.74) is 4.97. The molecule has 3 aromatic rings. The van der Waals surface area contributed by atoms with Crippen molar-refractivity contribution in [2.75, 3.05) is 0 Å². The van der Waals surface area contributed by atoms with Gasteiger partial charge in [-0.1, -0.05) is 36.4 Å². The van der Waals surface area contributed by atoms with E-state index in [9.17, 15) is 5.11 Å². The first-order valence-corrected chi connectivity index (χ1v) is 9.84. The molecule has 0 spiro atoms. The highest BCUT2D eigenvalue weighted by atomic mass is 79.9. The molecule has 2 aromatic carbocycles. The zero-order chi connectivity index (χ0) is 18.8. The van der Waals surface area contributed by atoms with Gasteiger partial charge in [-0.05, 0) is 73.2 Å². The Bertz CT molecular complexity index is 1040. The SMILES string of the molecule is Oc1c(Br)cc(-c2ccc(OC=C3CC=Cc4ccccc43)nn2)cc1Br. The maximum absolute atomic E-state index is 9.82. The predicted octanol–water partition coefficient (Wildman–Crippen LogP) is 6.21. The second-order valence-electron chi connectivity index (χ2n) is 6.00. The van der Waals surface area contributed by atoms with Crippen LogP contribution in [0.15, 0.2) is 69.8 Å².